The van der Waals surface area contributed by atoms with Crippen molar-refractivity contribution in [3.8, 4) is 0 Å². The molecule has 0 spiro atoms. The molecule has 4 atom stereocenters. The summed E-state index contributed by atoms with van der Waals surface area (Å²) in [5, 5.41) is 2.31. The normalized spacial score (nSPS) is 36.9. The molecule has 0 unspecified atom stereocenters. The summed E-state index contributed by atoms with van der Waals surface area (Å²) in [6, 6.07) is 0.677. The van der Waals surface area contributed by atoms with Gasteiger partial charge < -0.3 is 0 Å². The van der Waals surface area contributed by atoms with E-state index in [1.807, 2.05) is 0 Å². The standard InChI is InChI=1S/C16H27N2S/c1-9(2)14(10(3)4)18-15-12-7-6-11(8-12)13(15)16(19)17(18)5/h9-13,15H,6-8H2,1-5H3/q+1/t11-,12+,13+,15-/m1/s1. The predicted molar refractivity (Wildman–Crippen MR) is 83.4 cm³/mol. The molecule has 0 N–H and O–H groups in total. The monoisotopic (exact) mass is 279 g/mol. The Morgan fingerprint density at radius 2 is 1.74 bits per heavy atom. The molecule has 0 aromatic carbocycles. The predicted octanol–water partition coefficient (Wildman–Crippen LogP) is 3.35. The average molecular weight is 279 g/mol. The zero-order valence-corrected chi connectivity index (χ0v) is 13.7. The van der Waals surface area contributed by atoms with Gasteiger partial charge in [0.1, 0.15) is 4.99 Å². The van der Waals surface area contributed by atoms with Crippen LogP contribution in [0.5, 0.6) is 0 Å². The third-order valence-electron chi connectivity index (χ3n) is 5.53. The van der Waals surface area contributed by atoms with E-state index in [-0.39, 0.29) is 0 Å². The van der Waals surface area contributed by atoms with Crippen LogP contribution in [0.15, 0.2) is 0 Å². The maximum atomic E-state index is 5.78. The van der Waals surface area contributed by atoms with Gasteiger partial charge in [0, 0.05) is 17.8 Å². The van der Waals surface area contributed by atoms with Gasteiger partial charge in [-0.1, -0.05) is 39.9 Å². The summed E-state index contributed by atoms with van der Waals surface area (Å²) in [6.07, 6.45) is 4.25. The quantitative estimate of drug-likeness (QED) is 0.565. The van der Waals surface area contributed by atoms with Gasteiger partial charge in [0.05, 0.1) is 13.0 Å². The summed E-state index contributed by atoms with van der Waals surface area (Å²) in [5.74, 6) is 3.61. The molecule has 1 aliphatic heterocycles. The van der Waals surface area contributed by atoms with Crippen LogP contribution in [0, 0.1) is 29.6 Å². The van der Waals surface area contributed by atoms with Gasteiger partial charge in [-0.15, -0.1) is 9.69 Å². The van der Waals surface area contributed by atoms with Crippen LogP contribution in [-0.4, -0.2) is 33.5 Å². The first-order chi connectivity index (χ1) is 8.93. The van der Waals surface area contributed by atoms with Crippen molar-refractivity contribution in [2.75, 3.05) is 7.05 Å². The fraction of sp³-hybridized carbons (Fsp3) is 0.875. The van der Waals surface area contributed by atoms with Crippen LogP contribution >= 0.6 is 12.2 Å². The van der Waals surface area contributed by atoms with E-state index in [0.29, 0.717) is 23.8 Å². The van der Waals surface area contributed by atoms with Crippen molar-refractivity contribution in [2.45, 2.75) is 53.0 Å². The minimum absolute atomic E-state index is 0.600. The summed E-state index contributed by atoms with van der Waals surface area (Å²) < 4.78 is 2.60. The van der Waals surface area contributed by atoms with Gasteiger partial charge >= 0.3 is 0 Å². The second kappa shape index (κ2) is 4.54. The molecule has 2 nitrogen and oxygen atoms in total. The van der Waals surface area contributed by atoms with E-state index < -0.39 is 0 Å². The Kier molecular flexibility index (Phi) is 3.24. The first-order valence-corrected chi connectivity index (χ1v) is 8.27. The van der Waals surface area contributed by atoms with Crippen LogP contribution in [0.1, 0.15) is 47.0 Å². The van der Waals surface area contributed by atoms with Crippen molar-refractivity contribution >= 4 is 22.9 Å². The molecule has 0 aromatic heterocycles. The minimum Gasteiger partial charge on any atom is -0.149 e. The second-order valence-corrected chi connectivity index (χ2v) is 7.71. The molecule has 3 aliphatic rings. The number of thiocarbonyl (C=S) groups is 1. The van der Waals surface area contributed by atoms with Crippen LogP contribution in [0.2, 0.25) is 0 Å². The molecule has 1 heterocycles. The minimum atomic E-state index is 0.600. The van der Waals surface area contributed by atoms with Crippen molar-refractivity contribution < 1.29 is 4.68 Å². The van der Waals surface area contributed by atoms with Crippen molar-refractivity contribution in [3.63, 3.8) is 0 Å². The van der Waals surface area contributed by atoms with Gasteiger partial charge in [-0.05, 0) is 25.2 Å². The zero-order valence-electron chi connectivity index (χ0n) is 12.9. The molecular weight excluding hydrogens is 252 g/mol. The summed E-state index contributed by atoms with van der Waals surface area (Å²) in [4.78, 5) is 1.20. The molecule has 2 aliphatic carbocycles. The Morgan fingerprint density at radius 3 is 2.32 bits per heavy atom. The van der Waals surface area contributed by atoms with E-state index in [1.54, 1.807) is 5.71 Å². The zero-order chi connectivity index (χ0) is 13.9. The van der Waals surface area contributed by atoms with Crippen LogP contribution in [0.25, 0.3) is 0 Å². The van der Waals surface area contributed by atoms with E-state index in [1.165, 1.54) is 24.3 Å². The largest absolute Gasteiger partial charge is 0.194 e. The Bertz CT molecular complexity index is 428. The third-order valence-corrected chi connectivity index (χ3v) is 6.07. The highest BCUT2D eigenvalue weighted by Crippen LogP contribution is 2.53. The van der Waals surface area contributed by atoms with Crippen LogP contribution in [0.4, 0.5) is 0 Å². The highest BCUT2D eigenvalue weighted by molar-refractivity contribution is 7.80. The smallest absolute Gasteiger partial charge is 0.149 e. The molecule has 3 heteroatoms. The Morgan fingerprint density at radius 1 is 1.16 bits per heavy atom. The van der Waals surface area contributed by atoms with Gasteiger partial charge in [0.15, 0.2) is 11.8 Å². The molecular formula is C16H27N2S+. The first kappa shape index (κ1) is 13.5. The number of nitrogens with zero attached hydrogens (tertiary/aromatic N) is 2. The van der Waals surface area contributed by atoms with Crippen molar-refractivity contribution in [1.29, 1.82) is 0 Å². The lowest BCUT2D eigenvalue weighted by Gasteiger charge is -2.22. The average Bonchev–Trinajstić information content (AvgIpc) is 2.97. The van der Waals surface area contributed by atoms with E-state index >= 15 is 0 Å². The molecule has 2 bridgehead atoms. The SMILES string of the molecule is CC(C)C(C(C)C)=[N+]1[C@@H]2[C@H]3CC[C@H](C3)[C@@H]2C(=S)N1C. The van der Waals surface area contributed by atoms with Gasteiger partial charge in [-0.2, -0.15) is 0 Å². The fourth-order valence-corrected chi connectivity index (χ4v) is 5.44. The lowest BCUT2D eigenvalue weighted by molar-refractivity contribution is -0.685. The Labute approximate surface area is 122 Å². The molecule has 2 saturated carbocycles. The highest BCUT2D eigenvalue weighted by Gasteiger charge is 2.62. The molecule has 0 amide bonds. The molecule has 3 fully saturated rings. The number of hydrogen-bond donors (Lipinski definition) is 0. The van der Waals surface area contributed by atoms with Crippen LogP contribution in [-0.2, 0) is 0 Å². The van der Waals surface area contributed by atoms with E-state index in [2.05, 4.69) is 44.4 Å². The maximum absolute atomic E-state index is 5.78. The highest BCUT2D eigenvalue weighted by atomic mass is 32.1. The molecule has 1 saturated heterocycles. The van der Waals surface area contributed by atoms with Crippen LogP contribution < -0.4 is 0 Å². The van der Waals surface area contributed by atoms with E-state index in [0.717, 1.165) is 11.8 Å². The van der Waals surface area contributed by atoms with Crippen molar-refractivity contribution in [3.05, 3.63) is 0 Å². The molecule has 3 rings (SSSR count). The molecule has 106 valence electrons. The lowest BCUT2D eigenvalue weighted by atomic mass is 9.85. The lowest BCUT2D eigenvalue weighted by Crippen LogP contribution is -2.42. The topological polar surface area (TPSA) is 6.25 Å². The van der Waals surface area contributed by atoms with Crippen molar-refractivity contribution in [1.82, 2.24) is 5.01 Å². The molecule has 0 aromatic rings. The second-order valence-electron chi connectivity index (χ2n) is 7.29. The first-order valence-electron chi connectivity index (χ1n) is 7.87. The summed E-state index contributed by atoms with van der Waals surface area (Å²) >= 11 is 5.78. The Hall–Kier alpha value is -0.440. The van der Waals surface area contributed by atoms with Crippen LogP contribution in [0.3, 0.4) is 0 Å². The Balaban J connectivity index is 2.10. The number of hydrazine groups is 1. The third kappa shape index (κ3) is 1.80. The summed E-state index contributed by atoms with van der Waals surface area (Å²) in [6.45, 7) is 9.30. The van der Waals surface area contributed by atoms with E-state index in [9.17, 15) is 0 Å². The number of hydrogen-bond acceptors (Lipinski definition) is 1. The van der Waals surface area contributed by atoms with Gasteiger partial charge in [-0.25, -0.2) is 0 Å². The van der Waals surface area contributed by atoms with Gasteiger partial charge in [0.25, 0.3) is 0 Å². The fourth-order valence-electron chi connectivity index (χ4n) is 5.02. The number of fused-ring (bicyclic) bond motifs is 5. The summed E-state index contributed by atoms with van der Waals surface area (Å²) in [7, 11) is 2.19. The molecule has 0 radical (unpaired) electrons. The summed E-state index contributed by atoms with van der Waals surface area (Å²) in [5.41, 5.74) is 1.57. The van der Waals surface area contributed by atoms with Crippen molar-refractivity contribution in [2.24, 2.45) is 29.6 Å². The molecule has 19 heavy (non-hydrogen) atoms. The van der Waals surface area contributed by atoms with Gasteiger partial charge in [-0.3, -0.25) is 0 Å². The maximum Gasteiger partial charge on any atom is 0.194 e. The number of hydrazone groups is 1. The van der Waals surface area contributed by atoms with Gasteiger partial charge in [0.2, 0.25) is 0 Å². The number of rotatable bonds is 2. The van der Waals surface area contributed by atoms with E-state index in [4.69, 9.17) is 12.2 Å².